The van der Waals surface area contributed by atoms with Crippen LogP contribution in [0.5, 0.6) is 0 Å². The zero-order chi connectivity index (χ0) is 20.3. The lowest BCUT2D eigenvalue weighted by molar-refractivity contribution is 0.0702. The van der Waals surface area contributed by atoms with Crippen molar-refractivity contribution in [3.63, 3.8) is 0 Å². The average Bonchev–Trinajstić information content (AvgIpc) is 3.18. The quantitative estimate of drug-likeness (QED) is 0.488. The third-order valence-electron chi connectivity index (χ3n) is 4.79. The molecule has 1 aromatic heterocycles. The molecule has 0 amide bonds. The Morgan fingerprint density at radius 1 is 1.18 bits per heavy atom. The highest BCUT2D eigenvalue weighted by molar-refractivity contribution is 7.14. The van der Waals surface area contributed by atoms with Gasteiger partial charge in [-0.05, 0) is 60.7 Å². The third-order valence-corrected chi connectivity index (χ3v) is 6.77. The van der Waals surface area contributed by atoms with Crippen LogP contribution in [0.25, 0.3) is 12.2 Å². The molecular weight excluding hydrogens is 439 g/mol. The van der Waals surface area contributed by atoms with Gasteiger partial charge in [-0.1, -0.05) is 41.4 Å². The third kappa shape index (κ3) is 5.40. The van der Waals surface area contributed by atoms with Gasteiger partial charge in [0, 0.05) is 26.2 Å². The number of aromatic carboxylic acids is 1. The van der Waals surface area contributed by atoms with Gasteiger partial charge in [-0.3, -0.25) is 0 Å². The summed E-state index contributed by atoms with van der Waals surface area (Å²) in [5, 5.41) is 20.4. The average molecular weight is 458 g/mol. The summed E-state index contributed by atoms with van der Waals surface area (Å²) in [6.45, 7) is 0. The Hall–Kier alpha value is -1.30. The number of rotatable bonds is 6. The van der Waals surface area contributed by atoms with E-state index in [1.807, 2.05) is 36.4 Å². The van der Waals surface area contributed by atoms with E-state index in [1.165, 1.54) is 11.3 Å². The van der Waals surface area contributed by atoms with Crippen molar-refractivity contribution in [2.24, 2.45) is 11.8 Å². The van der Waals surface area contributed by atoms with Crippen molar-refractivity contribution in [2.75, 3.05) is 0 Å². The molecule has 0 aliphatic heterocycles. The lowest BCUT2D eigenvalue weighted by Crippen LogP contribution is -2.18. The fraction of sp³-hybridized carbons (Fsp3) is 0.286. The monoisotopic (exact) mass is 456 g/mol. The molecule has 4 atom stereocenters. The van der Waals surface area contributed by atoms with E-state index in [0.29, 0.717) is 27.8 Å². The highest BCUT2D eigenvalue weighted by Crippen LogP contribution is 2.40. The summed E-state index contributed by atoms with van der Waals surface area (Å²) >= 11 is 19.8. The standard InChI is InChI=1S/C21H19Cl3O3S/c22-13-8-12(9-14(23)10-13)4-6-17-16(18(24)11-19(17)25)3-1-2-15-5-7-20(28-15)21(26)27/h1-2,4-10,16-19,25H,3,11H2,(H,26,27)/b2-1+,6-4+/t16?,17-,18-,19?/m1/s1. The molecule has 1 fully saturated rings. The largest absolute Gasteiger partial charge is 0.477 e. The number of benzene rings is 1. The smallest absolute Gasteiger partial charge is 0.345 e. The van der Waals surface area contributed by atoms with Gasteiger partial charge in [-0.2, -0.15) is 0 Å². The first kappa shape index (κ1) is 21.4. The van der Waals surface area contributed by atoms with E-state index in [-0.39, 0.29) is 17.2 Å². The molecule has 148 valence electrons. The first-order chi connectivity index (χ1) is 13.3. The molecule has 1 saturated carbocycles. The van der Waals surface area contributed by atoms with Crippen LogP contribution < -0.4 is 0 Å². The molecule has 3 nitrogen and oxygen atoms in total. The predicted octanol–water partition coefficient (Wildman–Crippen LogP) is 6.47. The molecule has 28 heavy (non-hydrogen) atoms. The van der Waals surface area contributed by atoms with Gasteiger partial charge in [0.15, 0.2) is 0 Å². The minimum absolute atomic E-state index is 0.0807. The second kappa shape index (κ2) is 9.47. The van der Waals surface area contributed by atoms with E-state index < -0.39 is 12.1 Å². The van der Waals surface area contributed by atoms with Crippen LogP contribution in [0.2, 0.25) is 10.0 Å². The second-order valence-corrected chi connectivity index (χ2v) is 9.32. The number of alkyl halides is 1. The summed E-state index contributed by atoms with van der Waals surface area (Å²) in [5.74, 6) is -0.920. The second-order valence-electron chi connectivity index (χ2n) is 6.77. The number of carbonyl (C=O) groups is 1. The molecule has 2 unspecified atom stereocenters. The van der Waals surface area contributed by atoms with Crippen molar-refractivity contribution in [1.29, 1.82) is 0 Å². The van der Waals surface area contributed by atoms with Crippen LogP contribution in [0.1, 0.15) is 33.0 Å². The minimum Gasteiger partial charge on any atom is -0.477 e. The van der Waals surface area contributed by atoms with E-state index in [0.717, 1.165) is 10.4 Å². The van der Waals surface area contributed by atoms with E-state index in [2.05, 4.69) is 0 Å². The Balaban J connectivity index is 1.70. The van der Waals surface area contributed by atoms with Crippen molar-refractivity contribution in [2.45, 2.75) is 24.3 Å². The number of aliphatic hydroxyl groups is 1. The Bertz CT molecular complexity index is 886. The molecule has 0 spiro atoms. The Morgan fingerprint density at radius 3 is 2.54 bits per heavy atom. The molecule has 0 radical (unpaired) electrons. The topological polar surface area (TPSA) is 57.5 Å². The molecule has 2 N–H and O–H groups in total. The molecular formula is C21H19Cl3O3S. The van der Waals surface area contributed by atoms with E-state index in [1.54, 1.807) is 18.2 Å². The number of halogens is 3. The van der Waals surface area contributed by atoms with Crippen LogP contribution in [0.15, 0.2) is 42.5 Å². The molecule has 3 rings (SSSR count). The first-order valence-electron chi connectivity index (χ1n) is 8.79. The summed E-state index contributed by atoms with van der Waals surface area (Å²) in [6, 6.07) is 8.68. The van der Waals surface area contributed by atoms with E-state index in [4.69, 9.17) is 39.9 Å². The number of carboxylic acid groups (broad SMARTS) is 1. The zero-order valence-electron chi connectivity index (χ0n) is 14.8. The van der Waals surface area contributed by atoms with Gasteiger partial charge in [-0.25, -0.2) is 4.79 Å². The maximum atomic E-state index is 11.0. The Labute approximate surface area is 182 Å². The van der Waals surface area contributed by atoms with Crippen molar-refractivity contribution in [3.8, 4) is 0 Å². The van der Waals surface area contributed by atoms with Gasteiger partial charge in [0.05, 0.1) is 6.10 Å². The molecule has 2 aromatic rings. The van der Waals surface area contributed by atoms with Crippen LogP contribution in [-0.4, -0.2) is 27.7 Å². The number of allylic oxidation sites excluding steroid dienone is 1. The van der Waals surface area contributed by atoms with Crippen molar-refractivity contribution < 1.29 is 15.0 Å². The zero-order valence-corrected chi connectivity index (χ0v) is 17.8. The number of aliphatic hydroxyl groups excluding tert-OH is 1. The maximum absolute atomic E-state index is 11.0. The van der Waals surface area contributed by atoms with Crippen LogP contribution in [-0.2, 0) is 0 Å². The highest BCUT2D eigenvalue weighted by atomic mass is 35.5. The van der Waals surface area contributed by atoms with Gasteiger partial charge in [0.2, 0.25) is 0 Å². The van der Waals surface area contributed by atoms with Crippen molar-refractivity contribution in [3.05, 3.63) is 67.8 Å². The van der Waals surface area contributed by atoms with Gasteiger partial charge in [0.1, 0.15) is 4.88 Å². The van der Waals surface area contributed by atoms with Gasteiger partial charge >= 0.3 is 5.97 Å². The SMILES string of the molecule is O=C(O)c1ccc(/C=C/CC2[C@@H](/C=C/c3cc(Cl)cc(Cl)c3)C(O)C[C@H]2Cl)s1. The van der Waals surface area contributed by atoms with Crippen molar-refractivity contribution >= 4 is 64.3 Å². The number of carboxylic acids is 1. The lowest BCUT2D eigenvalue weighted by atomic mass is 9.90. The molecule has 1 aliphatic rings. The number of thiophene rings is 1. The summed E-state index contributed by atoms with van der Waals surface area (Å²) in [5.41, 5.74) is 0.872. The fourth-order valence-electron chi connectivity index (χ4n) is 3.46. The van der Waals surface area contributed by atoms with Crippen LogP contribution in [0.4, 0.5) is 0 Å². The number of hydrogen-bond donors (Lipinski definition) is 2. The normalized spacial score (nSPS) is 25.1. The molecule has 0 bridgehead atoms. The van der Waals surface area contributed by atoms with Crippen molar-refractivity contribution in [1.82, 2.24) is 0 Å². The van der Waals surface area contributed by atoms with E-state index in [9.17, 15) is 9.90 Å². The predicted molar refractivity (Wildman–Crippen MR) is 118 cm³/mol. The molecule has 1 aromatic carbocycles. The summed E-state index contributed by atoms with van der Waals surface area (Å²) < 4.78 is 0. The summed E-state index contributed by atoms with van der Waals surface area (Å²) in [4.78, 5) is 12.2. The minimum atomic E-state index is -0.921. The number of hydrogen-bond acceptors (Lipinski definition) is 3. The molecule has 0 saturated heterocycles. The van der Waals surface area contributed by atoms with Crippen LogP contribution >= 0.6 is 46.1 Å². The van der Waals surface area contributed by atoms with Gasteiger partial charge < -0.3 is 10.2 Å². The summed E-state index contributed by atoms with van der Waals surface area (Å²) in [7, 11) is 0. The van der Waals surface area contributed by atoms with E-state index >= 15 is 0 Å². The Kier molecular flexibility index (Phi) is 7.24. The first-order valence-corrected chi connectivity index (χ1v) is 10.8. The fourth-order valence-corrected chi connectivity index (χ4v) is 5.23. The lowest BCUT2D eigenvalue weighted by Gasteiger charge is -2.19. The van der Waals surface area contributed by atoms with Crippen LogP contribution in [0.3, 0.4) is 0 Å². The summed E-state index contributed by atoms with van der Waals surface area (Å²) in [6.07, 6.45) is 8.50. The molecule has 1 heterocycles. The van der Waals surface area contributed by atoms with Gasteiger partial charge in [-0.15, -0.1) is 22.9 Å². The van der Waals surface area contributed by atoms with Crippen LogP contribution in [0, 0.1) is 11.8 Å². The Morgan fingerprint density at radius 2 is 1.89 bits per heavy atom. The maximum Gasteiger partial charge on any atom is 0.345 e. The highest BCUT2D eigenvalue weighted by Gasteiger charge is 2.39. The molecule has 7 heteroatoms. The molecule has 1 aliphatic carbocycles. The van der Waals surface area contributed by atoms with Gasteiger partial charge in [0.25, 0.3) is 0 Å².